The Morgan fingerprint density at radius 2 is 1.94 bits per heavy atom. The van der Waals surface area contributed by atoms with Crippen molar-refractivity contribution in [3.05, 3.63) is 52.2 Å². The number of benzene rings is 1. The van der Waals surface area contributed by atoms with Gasteiger partial charge in [0.1, 0.15) is 28.7 Å². The Balaban J connectivity index is 1.91. The van der Waals surface area contributed by atoms with Crippen molar-refractivity contribution in [2.24, 2.45) is 0 Å². The third-order valence-corrected chi connectivity index (χ3v) is 4.49. The number of alkyl halides is 3. The summed E-state index contributed by atoms with van der Waals surface area (Å²) in [4.78, 5) is 23.7. The van der Waals surface area contributed by atoms with Crippen LogP contribution >= 0.6 is 11.6 Å². The summed E-state index contributed by atoms with van der Waals surface area (Å²) in [7, 11) is 0. The van der Waals surface area contributed by atoms with Gasteiger partial charge in [-0.25, -0.2) is 22.4 Å². The zero-order valence-electron chi connectivity index (χ0n) is 15.2. The number of carbonyl (C=O) groups is 2. The number of hydrogen-bond acceptors (Lipinski definition) is 5. The van der Waals surface area contributed by atoms with Crippen LogP contribution in [0.3, 0.4) is 0 Å². The number of nitrogens with one attached hydrogen (secondary N) is 3. The van der Waals surface area contributed by atoms with Gasteiger partial charge in [0.05, 0.1) is 5.69 Å². The van der Waals surface area contributed by atoms with Gasteiger partial charge in [0.15, 0.2) is 0 Å². The van der Waals surface area contributed by atoms with E-state index in [-0.39, 0.29) is 17.8 Å². The number of urea groups is 1. The van der Waals surface area contributed by atoms with Gasteiger partial charge < -0.3 is 20.7 Å². The second kappa shape index (κ2) is 9.29. The van der Waals surface area contributed by atoms with Crippen molar-refractivity contribution >= 4 is 23.5 Å². The molecule has 0 aliphatic carbocycles. The van der Waals surface area contributed by atoms with E-state index in [4.69, 9.17) is 11.6 Å². The minimum atomic E-state index is -3.42. The molecule has 2 aromatic rings. The minimum Gasteiger partial charge on any atom is -0.436 e. The summed E-state index contributed by atoms with van der Waals surface area (Å²) in [5, 5.41) is 13.4. The number of rotatable bonds is 7. The SMILES string of the molecule is O=C1NC[C@@H](C(=O)N[C@@H](c2ccc(OC(F)C(F)F)nn2)c2ccc(F)c(Cl)c2F)N1. The predicted molar refractivity (Wildman–Crippen MR) is 95.2 cm³/mol. The van der Waals surface area contributed by atoms with Crippen LogP contribution in [0, 0.1) is 11.6 Å². The average molecular weight is 466 g/mol. The minimum absolute atomic E-state index is 0.0476. The van der Waals surface area contributed by atoms with Gasteiger partial charge >= 0.3 is 12.5 Å². The van der Waals surface area contributed by atoms with Crippen LogP contribution in [0.2, 0.25) is 5.02 Å². The van der Waals surface area contributed by atoms with Gasteiger partial charge in [-0.1, -0.05) is 17.7 Å². The number of hydrogen-bond donors (Lipinski definition) is 3. The monoisotopic (exact) mass is 465 g/mol. The number of ether oxygens (including phenoxy) is 1. The smallest absolute Gasteiger partial charge is 0.315 e. The van der Waals surface area contributed by atoms with Crippen LogP contribution in [0.5, 0.6) is 5.88 Å². The Labute approximate surface area is 176 Å². The van der Waals surface area contributed by atoms with E-state index in [0.717, 1.165) is 24.3 Å². The molecule has 1 fully saturated rings. The van der Waals surface area contributed by atoms with Crippen LogP contribution in [-0.2, 0) is 4.79 Å². The normalized spacial score (nSPS) is 17.6. The van der Waals surface area contributed by atoms with E-state index in [2.05, 4.69) is 30.9 Å². The number of carbonyl (C=O) groups excluding carboxylic acids is 2. The average Bonchev–Trinajstić information content (AvgIpc) is 3.18. The quantitative estimate of drug-likeness (QED) is 0.430. The Morgan fingerprint density at radius 1 is 1.19 bits per heavy atom. The standard InChI is InChI=1S/C17H13ClF5N5O3/c18-11-7(19)2-1-6(12(11)20)13(26-16(29)9-5-24-17(30)25-9)8-3-4-10(28-27-8)31-15(23)14(21)22/h1-4,9,13-15H,5H2,(H,26,29)(H2,24,25,30)/t9-,13+,15?/m0/s1. The molecule has 8 nitrogen and oxygen atoms in total. The van der Waals surface area contributed by atoms with Crippen LogP contribution in [0.15, 0.2) is 24.3 Å². The third kappa shape index (κ3) is 5.10. The van der Waals surface area contributed by atoms with Crippen LogP contribution < -0.4 is 20.7 Å². The highest BCUT2D eigenvalue weighted by molar-refractivity contribution is 6.31. The fourth-order valence-corrected chi connectivity index (χ4v) is 2.82. The molecule has 0 spiro atoms. The molecule has 1 saturated heterocycles. The lowest BCUT2D eigenvalue weighted by atomic mass is 10.0. The summed E-state index contributed by atoms with van der Waals surface area (Å²) < 4.78 is 70.0. The molecule has 1 aromatic carbocycles. The van der Waals surface area contributed by atoms with Gasteiger partial charge in [-0.15, -0.1) is 10.2 Å². The molecule has 14 heteroatoms. The molecule has 1 aliphatic rings. The van der Waals surface area contributed by atoms with Crippen molar-refractivity contribution in [3.8, 4) is 5.88 Å². The summed E-state index contributed by atoms with van der Waals surface area (Å²) in [6.45, 7) is -0.0476. The molecule has 3 amide bonds. The van der Waals surface area contributed by atoms with Gasteiger partial charge in [-0.3, -0.25) is 4.79 Å². The maximum Gasteiger partial charge on any atom is 0.315 e. The number of amides is 3. The van der Waals surface area contributed by atoms with E-state index < -0.39 is 59.3 Å². The Hall–Kier alpha value is -3.22. The highest BCUT2D eigenvalue weighted by Gasteiger charge is 2.31. The van der Waals surface area contributed by atoms with Crippen molar-refractivity contribution in [1.82, 2.24) is 26.1 Å². The summed E-state index contributed by atoms with van der Waals surface area (Å²) >= 11 is 5.61. The molecule has 2 heterocycles. The molecule has 3 N–H and O–H groups in total. The van der Waals surface area contributed by atoms with Gasteiger partial charge in [0.2, 0.25) is 11.8 Å². The third-order valence-electron chi connectivity index (χ3n) is 4.14. The Kier molecular flexibility index (Phi) is 6.73. The van der Waals surface area contributed by atoms with Crippen LogP contribution in [0.25, 0.3) is 0 Å². The van der Waals surface area contributed by atoms with Crippen molar-refractivity contribution in [2.45, 2.75) is 24.9 Å². The van der Waals surface area contributed by atoms with Crippen molar-refractivity contribution in [2.75, 3.05) is 6.54 Å². The maximum atomic E-state index is 14.6. The molecule has 166 valence electrons. The lowest BCUT2D eigenvalue weighted by molar-refractivity contribution is -0.123. The maximum absolute atomic E-state index is 14.6. The van der Waals surface area contributed by atoms with E-state index in [1.807, 2.05) is 0 Å². The zero-order chi connectivity index (χ0) is 22.7. The second-order valence-corrected chi connectivity index (χ2v) is 6.59. The van der Waals surface area contributed by atoms with Crippen molar-refractivity contribution in [1.29, 1.82) is 0 Å². The Bertz CT molecular complexity index is 981. The van der Waals surface area contributed by atoms with E-state index >= 15 is 0 Å². The molecule has 3 atom stereocenters. The fourth-order valence-electron chi connectivity index (χ4n) is 2.64. The number of nitrogens with zero attached hydrogens (tertiary/aromatic N) is 2. The number of aromatic nitrogens is 2. The molecule has 3 rings (SSSR count). The summed E-state index contributed by atoms with van der Waals surface area (Å²) in [6.07, 6.45) is -6.36. The summed E-state index contributed by atoms with van der Waals surface area (Å²) in [6, 6.07) is 0.983. The lowest BCUT2D eigenvalue weighted by Crippen LogP contribution is -2.44. The van der Waals surface area contributed by atoms with Crippen LogP contribution in [-0.4, -0.2) is 47.5 Å². The van der Waals surface area contributed by atoms with Crippen molar-refractivity contribution in [3.63, 3.8) is 0 Å². The van der Waals surface area contributed by atoms with E-state index in [1.54, 1.807) is 0 Å². The van der Waals surface area contributed by atoms with Crippen LogP contribution in [0.4, 0.5) is 26.7 Å². The Morgan fingerprint density at radius 3 is 2.52 bits per heavy atom. The summed E-state index contributed by atoms with van der Waals surface area (Å²) in [5.74, 6) is -3.57. The van der Waals surface area contributed by atoms with Crippen molar-refractivity contribution < 1.29 is 36.3 Å². The molecular formula is C17H13ClF5N5O3. The molecule has 0 radical (unpaired) electrons. The fraction of sp³-hybridized carbons (Fsp3) is 0.294. The second-order valence-electron chi connectivity index (χ2n) is 6.21. The topological polar surface area (TPSA) is 105 Å². The number of halogens is 6. The highest BCUT2D eigenvalue weighted by Crippen LogP contribution is 2.29. The molecule has 1 aromatic heterocycles. The molecule has 1 aliphatic heterocycles. The van der Waals surface area contributed by atoms with Gasteiger partial charge in [0, 0.05) is 18.2 Å². The molecular weight excluding hydrogens is 453 g/mol. The molecule has 0 bridgehead atoms. The lowest BCUT2D eigenvalue weighted by Gasteiger charge is -2.21. The van der Waals surface area contributed by atoms with Crippen LogP contribution in [0.1, 0.15) is 17.3 Å². The highest BCUT2D eigenvalue weighted by atomic mass is 35.5. The first kappa shape index (κ1) is 22.5. The van der Waals surface area contributed by atoms with Gasteiger partial charge in [-0.05, 0) is 12.1 Å². The first-order chi connectivity index (χ1) is 14.7. The first-order valence-electron chi connectivity index (χ1n) is 8.58. The zero-order valence-corrected chi connectivity index (χ0v) is 16.0. The van der Waals surface area contributed by atoms with Gasteiger partial charge in [-0.2, -0.15) is 4.39 Å². The first-order valence-corrected chi connectivity index (χ1v) is 8.95. The van der Waals surface area contributed by atoms with E-state index in [0.29, 0.717) is 0 Å². The molecule has 1 unspecified atom stereocenters. The van der Waals surface area contributed by atoms with Gasteiger partial charge in [0.25, 0.3) is 6.36 Å². The molecule has 31 heavy (non-hydrogen) atoms. The van der Waals surface area contributed by atoms with E-state index in [9.17, 15) is 31.5 Å². The summed E-state index contributed by atoms with van der Waals surface area (Å²) in [5.41, 5.74) is -0.428. The van der Waals surface area contributed by atoms with E-state index in [1.165, 1.54) is 0 Å². The predicted octanol–water partition coefficient (Wildman–Crippen LogP) is 2.23. The largest absolute Gasteiger partial charge is 0.436 e. The molecule has 0 saturated carbocycles.